The van der Waals surface area contributed by atoms with E-state index < -0.39 is 29.3 Å². The second-order valence-corrected chi connectivity index (χ2v) is 10.2. The van der Waals surface area contributed by atoms with Crippen LogP contribution in [0.2, 0.25) is 0 Å². The zero-order valence-corrected chi connectivity index (χ0v) is 22.4. The van der Waals surface area contributed by atoms with E-state index in [-0.39, 0.29) is 5.78 Å². The SMILES string of the molecule is O=C(C(=O)[C@H](c1ccccc1)[C@H]1C(=O)C(c2ccccc2)=C(c2ccccc2)[C@@H]1c1ccccc1)c1ccccc1. The standard InChI is InChI=1S/C38H28O3/c39-36(30-24-14-5-15-25-30)38(41)34(29-22-12-4-13-23-29)35-32(27-18-8-2-9-19-27)31(26-16-6-1-7-17-26)33(37(35)40)28-20-10-3-11-21-28/h1-25,32,34-35H/t32-,34+,35-/m0/s1. The monoisotopic (exact) mass is 532 g/mol. The molecule has 1 aliphatic carbocycles. The summed E-state index contributed by atoms with van der Waals surface area (Å²) in [7, 11) is 0. The minimum atomic E-state index is -0.971. The Morgan fingerprint density at radius 3 is 1.56 bits per heavy atom. The summed E-state index contributed by atoms with van der Waals surface area (Å²) in [5, 5.41) is 0. The Kier molecular flexibility index (Phi) is 7.34. The van der Waals surface area contributed by atoms with Crippen molar-refractivity contribution in [1.82, 2.24) is 0 Å². The molecule has 0 amide bonds. The number of ketones is 3. The van der Waals surface area contributed by atoms with Gasteiger partial charge in [-0.2, -0.15) is 0 Å². The summed E-state index contributed by atoms with van der Waals surface area (Å²) in [6, 6.07) is 47.3. The van der Waals surface area contributed by atoms with Crippen LogP contribution in [0.1, 0.15) is 44.4 Å². The molecule has 0 saturated carbocycles. The topological polar surface area (TPSA) is 51.2 Å². The van der Waals surface area contributed by atoms with Crippen LogP contribution in [-0.4, -0.2) is 17.3 Å². The number of Topliss-reactive ketones (excluding diaryl/α,β-unsaturated/α-hetero) is 3. The lowest BCUT2D eigenvalue weighted by molar-refractivity contribution is -0.124. The Hall–Kier alpha value is -5.15. The number of benzene rings is 5. The van der Waals surface area contributed by atoms with Crippen LogP contribution in [0.4, 0.5) is 0 Å². The van der Waals surface area contributed by atoms with Gasteiger partial charge in [-0.25, -0.2) is 0 Å². The molecule has 0 radical (unpaired) electrons. The molecule has 0 spiro atoms. The van der Waals surface area contributed by atoms with Crippen molar-refractivity contribution in [3.8, 4) is 0 Å². The summed E-state index contributed by atoms with van der Waals surface area (Å²) < 4.78 is 0. The van der Waals surface area contributed by atoms with Gasteiger partial charge in [-0.15, -0.1) is 0 Å². The number of carbonyl (C=O) groups is 3. The molecule has 198 valence electrons. The molecule has 6 rings (SSSR count). The maximum Gasteiger partial charge on any atom is 0.229 e. The molecular weight excluding hydrogens is 504 g/mol. The molecule has 5 aromatic carbocycles. The number of carbonyl (C=O) groups excluding carboxylic acids is 3. The zero-order chi connectivity index (χ0) is 28.2. The van der Waals surface area contributed by atoms with Crippen molar-refractivity contribution in [2.75, 3.05) is 0 Å². The molecule has 0 aliphatic heterocycles. The Balaban J connectivity index is 1.61. The molecule has 0 heterocycles. The van der Waals surface area contributed by atoms with Crippen LogP contribution in [0.15, 0.2) is 152 Å². The van der Waals surface area contributed by atoms with Gasteiger partial charge in [0.1, 0.15) is 0 Å². The van der Waals surface area contributed by atoms with E-state index in [1.165, 1.54) is 0 Å². The van der Waals surface area contributed by atoms with Gasteiger partial charge in [0.05, 0.1) is 5.92 Å². The van der Waals surface area contributed by atoms with Crippen molar-refractivity contribution in [1.29, 1.82) is 0 Å². The molecule has 3 heteroatoms. The predicted molar refractivity (Wildman–Crippen MR) is 162 cm³/mol. The lowest BCUT2D eigenvalue weighted by atomic mass is 9.71. The normalized spacial score (nSPS) is 17.3. The fourth-order valence-corrected chi connectivity index (χ4v) is 6.06. The molecule has 0 bridgehead atoms. The summed E-state index contributed by atoms with van der Waals surface area (Å²) in [6.07, 6.45) is 0. The summed E-state index contributed by atoms with van der Waals surface area (Å²) >= 11 is 0. The molecule has 0 N–H and O–H groups in total. The molecule has 0 saturated heterocycles. The van der Waals surface area contributed by atoms with Crippen molar-refractivity contribution in [2.24, 2.45) is 5.92 Å². The average molecular weight is 533 g/mol. The second kappa shape index (κ2) is 11.5. The third kappa shape index (κ3) is 4.99. The van der Waals surface area contributed by atoms with Gasteiger partial charge in [0.25, 0.3) is 0 Å². The molecule has 0 unspecified atom stereocenters. The van der Waals surface area contributed by atoms with Crippen LogP contribution in [0.25, 0.3) is 11.1 Å². The minimum Gasteiger partial charge on any atom is -0.294 e. The third-order valence-corrected chi connectivity index (χ3v) is 7.85. The fraction of sp³-hybridized carbons (Fsp3) is 0.0789. The third-order valence-electron chi connectivity index (χ3n) is 7.85. The van der Waals surface area contributed by atoms with Crippen LogP contribution in [0.3, 0.4) is 0 Å². The van der Waals surface area contributed by atoms with E-state index in [0.717, 1.165) is 22.3 Å². The van der Waals surface area contributed by atoms with E-state index in [1.54, 1.807) is 24.3 Å². The van der Waals surface area contributed by atoms with Crippen molar-refractivity contribution in [2.45, 2.75) is 11.8 Å². The first kappa shape index (κ1) is 26.1. The minimum absolute atomic E-state index is 0.132. The van der Waals surface area contributed by atoms with Gasteiger partial charge in [0.2, 0.25) is 11.6 Å². The molecule has 3 nitrogen and oxygen atoms in total. The highest BCUT2D eigenvalue weighted by atomic mass is 16.2. The number of hydrogen-bond donors (Lipinski definition) is 0. The first-order valence-electron chi connectivity index (χ1n) is 13.8. The molecule has 41 heavy (non-hydrogen) atoms. The summed E-state index contributed by atoms with van der Waals surface area (Å²) in [4.78, 5) is 42.8. The van der Waals surface area contributed by atoms with Crippen molar-refractivity contribution < 1.29 is 14.4 Å². The van der Waals surface area contributed by atoms with Crippen LogP contribution >= 0.6 is 0 Å². The molecular formula is C38H28O3. The first-order valence-corrected chi connectivity index (χ1v) is 13.8. The smallest absolute Gasteiger partial charge is 0.229 e. The molecule has 0 aromatic heterocycles. The van der Waals surface area contributed by atoms with E-state index in [1.807, 2.05) is 127 Å². The number of hydrogen-bond acceptors (Lipinski definition) is 3. The Morgan fingerprint density at radius 1 is 0.537 bits per heavy atom. The number of allylic oxidation sites excluding steroid dienone is 2. The second-order valence-electron chi connectivity index (χ2n) is 10.2. The quantitative estimate of drug-likeness (QED) is 0.151. The van der Waals surface area contributed by atoms with Crippen molar-refractivity contribution in [3.05, 3.63) is 179 Å². The van der Waals surface area contributed by atoms with Gasteiger partial charge in [-0.05, 0) is 27.8 Å². The highest BCUT2D eigenvalue weighted by Gasteiger charge is 2.50. The fourth-order valence-electron chi connectivity index (χ4n) is 6.06. The van der Waals surface area contributed by atoms with E-state index >= 15 is 0 Å². The van der Waals surface area contributed by atoms with Gasteiger partial charge >= 0.3 is 0 Å². The van der Waals surface area contributed by atoms with Crippen LogP contribution in [0, 0.1) is 5.92 Å². The van der Waals surface area contributed by atoms with Gasteiger partial charge < -0.3 is 0 Å². The molecule has 1 aliphatic rings. The van der Waals surface area contributed by atoms with Crippen LogP contribution in [0.5, 0.6) is 0 Å². The summed E-state index contributed by atoms with van der Waals surface area (Å²) in [5.74, 6) is -3.53. The maximum absolute atomic E-state index is 14.8. The maximum atomic E-state index is 14.8. The van der Waals surface area contributed by atoms with Crippen molar-refractivity contribution in [3.63, 3.8) is 0 Å². The van der Waals surface area contributed by atoms with Crippen molar-refractivity contribution >= 4 is 28.5 Å². The zero-order valence-electron chi connectivity index (χ0n) is 22.4. The lowest BCUT2D eigenvalue weighted by Gasteiger charge is -2.29. The van der Waals surface area contributed by atoms with Crippen LogP contribution in [-0.2, 0) is 9.59 Å². The Morgan fingerprint density at radius 2 is 1.00 bits per heavy atom. The molecule has 5 aromatic rings. The Bertz CT molecular complexity index is 1710. The largest absolute Gasteiger partial charge is 0.294 e. The molecule has 0 fully saturated rings. The van der Waals surface area contributed by atoms with E-state index in [2.05, 4.69) is 0 Å². The number of rotatable bonds is 8. The van der Waals surface area contributed by atoms with Gasteiger partial charge in [0.15, 0.2) is 5.78 Å². The van der Waals surface area contributed by atoms with E-state index in [0.29, 0.717) is 16.7 Å². The van der Waals surface area contributed by atoms with E-state index in [9.17, 15) is 14.4 Å². The van der Waals surface area contributed by atoms with Gasteiger partial charge in [-0.3, -0.25) is 14.4 Å². The van der Waals surface area contributed by atoms with E-state index in [4.69, 9.17) is 0 Å². The first-order chi connectivity index (χ1) is 20.1. The lowest BCUT2D eigenvalue weighted by Crippen LogP contribution is -2.34. The van der Waals surface area contributed by atoms with Gasteiger partial charge in [-0.1, -0.05) is 152 Å². The predicted octanol–water partition coefficient (Wildman–Crippen LogP) is 7.82. The summed E-state index contributed by atoms with van der Waals surface area (Å²) in [5.41, 5.74) is 5.09. The highest BCUT2D eigenvalue weighted by molar-refractivity contribution is 6.46. The van der Waals surface area contributed by atoms with Gasteiger partial charge in [0, 0.05) is 23.0 Å². The Labute approximate surface area is 239 Å². The highest BCUT2D eigenvalue weighted by Crippen LogP contribution is 2.54. The summed E-state index contributed by atoms with van der Waals surface area (Å²) in [6.45, 7) is 0. The average Bonchev–Trinajstić information content (AvgIpc) is 3.35. The molecule has 3 atom stereocenters. The van der Waals surface area contributed by atoms with Crippen LogP contribution < -0.4 is 0 Å².